The van der Waals surface area contributed by atoms with E-state index in [2.05, 4.69) is 10.00 Å². The average Bonchev–Trinajstić information content (AvgIpc) is 3.10. The van der Waals surface area contributed by atoms with Gasteiger partial charge in [0.25, 0.3) is 0 Å². The number of carbonyl (C=O) groups is 1. The van der Waals surface area contributed by atoms with Gasteiger partial charge >= 0.3 is 0 Å². The normalized spacial score (nSPS) is 25.1. The fourth-order valence-corrected chi connectivity index (χ4v) is 4.13. The van der Waals surface area contributed by atoms with Gasteiger partial charge in [-0.2, -0.15) is 5.10 Å². The summed E-state index contributed by atoms with van der Waals surface area (Å²) in [6, 6.07) is 0. The molecule has 1 aromatic heterocycles. The third-order valence-corrected chi connectivity index (χ3v) is 5.40. The van der Waals surface area contributed by atoms with Crippen molar-refractivity contribution in [3.63, 3.8) is 0 Å². The Hall–Kier alpha value is -1.44. The van der Waals surface area contributed by atoms with Gasteiger partial charge in [-0.15, -0.1) is 0 Å². The van der Waals surface area contributed by atoms with Gasteiger partial charge < -0.3 is 15.1 Å². The van der Waals surface area contributed by atoms with Crippen molar-refractivity contribution < 1.29 is 15.0 Å². The van der Waals surface area contributed by atoms with Gasteiger partial charge in [0.15, 0.2) is 0 Å². The molecule has 1 aromatic rings. The molecule has 1 spiro atoms. The monoisotopic (exact) mass is 336 g/mol. The number of hydrogen-bond donors (Lipinski definition) is 2. The predicted molar refractivity (Wildman–Crippen MR) is 89.3 cm³/mol. The molecule has 1 amide bonds. The SMILES string of the molecule is Cc1nn(CCO)cc1CN1CCC2(CCCN(CCO)C2=O)C1. The molecule has 1 atom stereocenters. The topological polar surface area (TPSA) is 81.8 Å². The Kier molecular flexibility index (Phi) is 5.22. The molecule has 2 aliphatic rings. The van der Waals surface area contributed by atoms with Gasteiger partial charge in [-0.25, -0.2) is 0 Å². The zero-order chi connectivity index (χ0) is 17.2. The third-order valence-electron chi connectivity index (χ3n) is 5.40. The van der Waals surface area contributed by atoms with E-state index in [-0.39, 0.29) is 24.5 Å². The molecule has 0 radical (unpaired) electrons. The molecular weight excluding hydrogens is 308 g/mol. The first-order valence-electron chi connectivity index (χ1n) is 8.84. The van der Waals surface area contributed by atoms with E-state index in [4.69, 9.17) is 10.2 Å². The summed E-state index contributed by atoms with van der Waals surface area (Å²) in [7, 11) is 0. The van der Waals surface area contributed by atoms with Crippen LogP contribution in [-0.4, -0.2) is 75.1 Å². The highest BCUT2D eigenvalue weighted by Gasteiger charge is 2.48. The lowest BCUT2D eigenvalue weighted by Gasteiger charge is -2.39. The number of piperidine rings is 1. The number of amides is 1. The molecule has 3 heterocycles. The van der Waals surface area contributed by atoms with Gasteiger partial charge in [-0.05, 0) is 32.7 Å². The quantitative estimate of drug-likeness (QED) is 0.764. The summed E-state index contributed by atoms with van der Waals surface area (Å²) < 4.78 is 1.78. The summed E-state index contributed by atoms with van der Waals surface area (Å²) in [5.41, 5.74) is 1.89. The van der Waals surface area contributed by atoms with Crippen molar-refractivity contribution in [2.75, 3.05) is 39.4 Å². The van der Waals surface area contributed by atoms with E-state index in [1.807, 2.05) is 18.0 Å². The summed E-state index contributed by atoms with van der Waals surface area (Å²) in [6.45, 7) is 6.36. The zero-order valence-electron chi connectivity index (χ0n) is 14.4. The molecule has 1 unspecified atom stereocenters. The van der Waals surface area contributed by atoms with Gasteiger partial charge in [-0.1, -0.05) is 0 Å². The summed E-state index contributed by atoms with van der Waals surface area (Å²) in [4.78, 5) is 17.0. The van der Waals surface area contributed by atoms with Crippen LogP contribution in [-0.2, 0) is 17.9 Å². The Morgan fingerprint density at radius 1 is 1.21 bits per heavy atom. The highest BCUT2D eigenvalue weighted by atomic mass is 16.3. The van der Waals surface area contributed by atoms with Crippen LogP contribution in [0, 0.1) is 12.3 Å². The number of aliphatic hydroxyl groups is 2. The first kappa shape index (κ1) is 17.4. The number of rotatable bonds is 6. The second-order valence-corrected chi connectivity index (χ2v) is 7.09. The average molecular weight is 336 g/mol. The number of nitrogens with zero attached hydrogens (tertiary/aromatic N) is 4. The standard InChI is InChI=1S/C17H28N4O3/c1-14-15(12-21(18-14)8-10-23)11-19-6-4-17(13-19)3-2-5-20(7-9-22)16(17)24/h12,22-23H,2-11,13H2,1H3. The molecule has 0 aromatic carbocycles. The lowest BCUT2D eigenvalue weighted by molar-refractivity contribution is -0.146. The smallest absolute Gasteiger partial charge is 0.230 e. The van der Waals surface area contributed by atoms with Crippen molar-refractivity contribution in [3.05, 3.63) is 17.5 Å². The van der Waals surface area contributed by atoms with E-state index in [9.17, 15) is 4.79 Å². The molecule has 3 rings (SSSR count). The number of aromatic nitrogens is 2. The molecule has 134 valence electrons. The van der Waals surface area contributed by atoms with Gasteiger partial charge in [-0.3, -0.25) is 14.4 Å². The van der Waals surface area contributed by atoms with Crippen LogP contribution >= 0.6 is 0 Å². The van der Waals surface area contributed by atoms with Crippen molar-refractivity contribution >= 4 is 5.91 Å². The Morgan fingerprint density at radius 3 is 2.75 bits per heavy atom. The van der Waals surface area contributed by atoms with Crippen LogP contribution in [0.15, 0.2) is 6.20 Å². The minimum atomic E-state index is -0.261. The van der Waals surface area contributed by atoms with Crippen LogP contribution in [0.1, 0.15) is 30.5 Å². The van der Waals surface area contributed by atoms with E-state index in [0.717, 1.165) is 56.7 Å². The molecule has 7 heteroatoms. The zero-order valence-corrected chi connectivity index (χ0v) is 14.4. The number of aliphatic hydroxyl groups excluding tert-OH is 2. The maximum absolute atomic E-state index is 12.8. The predicted octanol–water partition coefficient (Wildman–Crippen LogP) is -0.00938. The van der Waals surface area contributed by atoms with E-state index < -0.39 is 0 Å². The molecule has 0 aliphatic carbocycles. The van der Waals surface area contributed by atoms with Crippen molar-refractivity contribution in [2.45, 2.75) is 39.3 Å². The molecule has 24 heavy (non-hydrogen) atoms. The fraction of sp³-hybridized carbons (Fsp3) is 0.765. The molecule has 2 fully saturated rings. The minimum absolute atomic E-state index is 0.0365. The van der Waals surface area contributed by atoms with Gasteiger partial charge in [0.1, 0.15) is 0 Å². The number of hydrogen-bond acceptors (Lipinski definition) is 5. The third kappa shape index (κ3) is 3.34. The molecule has 0 bridgehead atoms. The highest BCUT2D eigenvalue weighted by Crippen LogP contribution is 2.40. The van der Waals surface area contributed by atoms with E-state index in [1.165, 1.54) is 0 Å². The second kappa shape index (κ2) is 7.21. The maximum Gasteiger partial charge on any atom is 0.230 e. The van der Waals surface area contributed by atoms with E-state index >= 15 is 0 Å². The van der Waals surface area contributed by atoms with Crippen molar-refractivity contribution in [1.29, 1.82) is 0 Å². The molecule has 2 saturated heterocycles. The summed E-state index contributed by atoms with van der Waals surface area (Å²) in [5, 5.41) is 22.6. The number of β-amino-alcohol motifs (C(OH)–C–C–N with tert-alkyl or cyclic N) is 1. The Morgan fingerprint density at radius 2 is 2.00 bits per heavy atom. The Labute approximate surface area is 142 Å². The van der Waals surface area contributed by atoms with Crippen molar-refractivity contribution in [3.8, 4) is 0 Å². The van der Waals surface area contributed by atoms with E-state index in [0.29, 0.717) is 13.1 Å². The van der Waals surface area contributed by atoms with Crippen LogP contribution in [0.3, 0.4) is 0 Å². The molecule has 2 aliphatic heterocycles. The molecule has 2 N–H and O–H groups in total. The second-order valence-electron chi connectivity index (χ2n) is 7.09. The van der Waals surface area contributed by atoms with Gasteiger partial charge in [0, 0.05) is 37.9 Å². The summed E-state index contributed by atoms with van der Waals surface area (Å²) in [6.07, 6.45) is 4.87. The van der Waals surface area contributed by atoms with Crippen LogP contribution in [0.4, 0.5) is 0 Å². The Balaban J connectivity index is 1.65. The van der Waals surface area contributed by atoms with Crippen LogP contribution in [0.5, 0.6) is 0 Å². The van der Waals surface area contributed by atoms with Crippen molar-refractivity contribution in [2.24, 2.45) is 5.41 Å². The Bertz CT molecular complexity index is 586. The summed E-state index contributed by atoms with van der Waals surface area (Å²) >= 11 is 0. The largest absolute Gasteiger partial charge is 0.395 e. The number of carbonyl (C=O) groups excluding carboxylic acids is 1. The highest BCUT2D eigenvalue weighted by molar-refractivity contribution is 5.84. The molecule has 0 saturated carbocycles. The van der Waals surface area contributed by atoms with Crippen LogP contribution in [0.2, 0.25) is 0 Å². The van der Waals surface area contributed by atoms with E-state index in [1.54, 1.807) is 4.68 Å². The molecular formula is C17H28N4O3. The first-order valence-corrected chi connectivity index (χ1v) is 8.84. The van der Waals surface area contributed by atoms with Gasteiger partial charge in [0.05, 0.1) is 30.9 Å². The van der Waals surface area contributed by atoms with Crippen LogP contribution < -0.4 is 0 Å². The molecule has 7 nitrogen and oxygen atoms in total. The lowest BCUT2D eigenvalue weighted by Crippen LogP contribution is -2.50. The maximum atomic E-state index is 12.8. The van der Waals surface area contributed by atoms with Crippen LogP contribution in [0.25, 0.3) is 0 Å². The minimum Gasteiger partial charge on any atom is -0.395 e. The first-order chi connectivity index (χ1) is 11.6. The van der Waals surface area contributed by atoms with Gasteiger partial charge in [0.2, 0.25) is 5.91 Å². The fourth-order valence-electron chi connectivity index (χ4n) is 4.13. The lowest BCUT2D eigenvalue weighted by atomic mass is 9.78. The number of likely N-dealkylation sites (tertiary alicyclic amines) is 2. The number of aryl methyl sites for hydroxylation is 1. The summed E-state index contributed by atoms with van der Waals surface area (Å²) in [5.74, 6) is 0.220. The van der Waals surface area contributed by atoms with Crippen molar-refractivity contribution in [1.82, 2.24) is 19.6 Å².